The number of nitrogens with one attached hydrogen (secondary N) is 2. The predicted molar refractivity (Wildman–Crippen MR) is 101 cm³/mol. The molecule has 0 atom stereocenters. The molecule has 0 saturated heterocycles. The zero-order valence-electron chi connectivity index (χ0n) is 14.2. The SMILES string of the molecule is COc1ccc(-c2cc(=O)[nH]c(N/N=C\c3ccc([N+](=O)[O-])cc3)n2)cc1. The zero-order chi connectivity index (χ0) is 19.2. The molecule has 9 nitrogen and oxygen atoms in total. The monoisotopic (exact) mass is 365 g/mol. The zero-order valence-corrected chi connectivity index (χ0v) is 14.2. The van der Waals surface area contributed by atoms with Gasteiger partial charge in [0, 0.05) is 23.8 Å². The van der Waals surface area contributed by atoms with Crippen molar-refractivity contribution in [1.82, 2.24) is 9.97 Å². The van der Waals surface area contributed by atoms with Crippen molar-refractivity contribution in [2.45, 2.75) is 0 Å². The van der Waals surface area contributed by atoms with Crippen LogP contribution in [0.2, 0.25) is 0 Å². The number of non-ortho nitro benzene ring substituents is 1. The number of aromatic nitrogens is 2. The van der Waals surface area contributed by atoms with Crippen LogP contribution in [-0.4, -0.2) is 28.2 Å². The second kappa shape index (κ2) is 7.91. The van der Waals surface area contributed by atoms with Crippen LogP contribution >= 0.6 is 0 Å². The fraction of sp³-hybridized carbons (Fsp3) is 0.0556. The van der Waals surface area contributed by atoms with Crippen LogP contribution in [0.25, 0.3) is 11.3 Å². The minimum atomic E-state index is -0.474. The Morgan fingerprint density at radius 2 is 1.89 bits per heavy atom. The van der Waals surface area contributed by atoms with Gasteiger partial charge in [-0.2, -0.15) is 5.10 Å². The van der Waals surface area contributed by atoms with Gasteiger partial charge in [0.15, 0.2) is 0 Å². The Labute approximate surface area is 153 Å². The average molecular weight is 365 g/mol. The van der Waals surface area contributed by atoms with E-state index in [1.54, 1.807) is 43.5 Å². The first kappa shape index (κ1) is 17.8. The molecule has 2 N–H and O–H groups in total. The number of aromatic amines is 1. The quantitative estimate of drug-likeness (QED) is 0.393. The van der Waals surface area contributed by atoms with E-state index in [9.17, 15) is 14.9 Å². The first-order valence-corrected chi connectivity index (χ1v) is 7.84. The third-order valence-corrected chi connectivity index (χ3v) is 3.62. The molecule has 0 aliphatic carbocycles. The molecular weight excluding hydrogens is 350 g/mol. The largest absolute Gasteiger partial charge is 0.497 e. The van der Waals surface area contributed by atoms with Crippen molar-refractivity contribution in [3.63, 3.8) is 0 Å². The Balaban J connectivity index is 1.75. The highest BCUT2D eigenvalue weighted by atomic mass is 16.6. The molecule has 0 saturated carbocycles. The van der Waals surface area contributed by atoms with E-state index < -0.39 is 4.92 Å². The highest BCUT2D eigenvalue weighted by Crippen LogP contribution is 2.20. The van der Waals surface area contributed by atoms with Gasteiger partial charge in [-0.1, -0.05) is 0 Å². The number of nitrogens with zero attached hydrogens (tertiary/aromatic N) is 3. The molecule has 0 spiro atoms. The number of ether oxygens (including phenoxy) is 1. The van der Waals surface area contributed by atoms with Gasteiger partial charge in [0.1, 0.15) is 5.75 Å². The summed E-state index contributed by atoms with van der Waals surface area (Å²) < 4.78 is 5.11. The molecule has 3 rings (SSSR count). The number of benzene rings is 2. The fourth-order valence-electron chi connectivity index (χ4n) is 2.27. The van der Waals surface area contributed by atoms with E-state index in [0.717, 1.165) is 5.56 Å². The molecule has 2 aromatic carbocycles. The summed E-state index contributed by atoms with van der Waals surface area (Å²) in [6, 6.07) is 14.4. The van der Waals surface area contributed by atoms with Crippen molar-refractivity contribution in [3.8, 4) is 17.0 Å². The van der Waals surface area contributed by atoms with Gasteiger partial charge in [-0.15, -0.1) is 0 Å². The molecule has 1 heterocycles. The van der Waals surface area contributed by atoms with Gasteiger partial charge in [0.05, 0.1) is 23.9 Å². The summed E-state index contributed by atoms with van der Waals surface area (Å²) in [4.78, 5) is 28.9. The fourth-order valence-corrected chi connectivity index (χ4v) is 2.27. The van der Waals surface area contributed by atoms with E-state index in [-0.39, 0.29) is 17.2 Å². The number of nitro groups is 1. The number of methoxy groups -OCH3 is 1. The lowest BCUT2D eigenvalue weighted by molar-refractivity contribution is -0.384. The van der Waals surface area contributed by atoms with E-state index in [2.05, 4.69) is 20.5 Å². The van der Waals surface area contributed by atoms with Crippen molar-refractivity contribution in [3.05, 3.63) is 80.6 Å². The molecule has 0 unspecified atom stereocenters. The van der Waals surface area contributed by atoms with Crippen LogP contribution in [0.1, 0.15) is 5.56 Å². The molecule has 0 amide bonds. The lowest BCUT2D eigenvalue weighted by Crippen LogP contribution is -2.10. The van der Waals surface area contributed by atoms with Gasteiger partial charge in [-0.25, -0.2) is 10.4 Å². The van der Waals surface area contributed by atoms with Crippen molar-refractivity contribution in [2.75, 3.05) is 12.5 Å². The molecule has 1 aromatic heterocycles. The van der Waals surface area contributed by atoms with E-state index in [0.29, 0.717) is 17.0 Å². The maximum atomic E-state index is 11.9. The highest BCUT2D eigenvalue weighted by Gasteiger charge is 2.05. The number of hydrazone groups is 1. The molecule has 0 radical (unpaired) electrons. The summed E-state index contributed by atoms with van der Waals surface area (Å²) in [5.41, 5.74) is 4.21. The Hall–Kier alpha value is -4.01. The van der Waals surface area contributed by atoms with Crippen molar-refractivity contribution < 1.29 is 9.66 Å². The summed E-state index contributed by atoms with van der Waals surface area (Å²) in [5.74, 6) is 0.876. The second-order valence-corrected chi connectivity index (χ2v) is 5.43. The summed E-state index contributed by atoms with van der Waals surface area (Å²) in [5, 5.41) is 14.6. The predicted octanol–water partition coefficient (Wildman–Crippen LogP) is 2.80. The smallest absolute Gasteiger partial charge is 0.269 e. The normalized spacial score (nSPS) is 10.7. The minimum Gasteiger partial charge on any atom is -0.497 e. The van der Waals surface area contributed by atoms with Crippen molar-refractivity contribution in [1.29, 1.82) is 0 Å². The van der Waals surface area contributed by atoms with Crippen LogP contribution in [0.4, 0.5) is 11.6 Å². The third kappa shape index (κ3) is 4.54. The Bertz CT molecular complexity index is 1030. The van der Waals surface area contributed by atoms with Crippen LogP contribution in [0.15, 0.2) is 64.5 Å². The van der Waals surface area contributed by atoms with E-state index >= 15 is 0 Å². The van der Waals surface area contributed by atoms with Crippen LogP contribution in [0.5, 0.6) is 5.75 Å². The molecule has 0 aliphatic rings. The number of hydrogen-bond acceptors (Lipinski definition) is 7. The number of rotatable bonds is 6. The van der Waals surface area contributed by atoms with Crippen LogP contribution in [0.3, 0.4) is 0 Å². The third-order valence-electron chi connectivity index (χ3n) is 3.62. The van der Waals surface area contributed by atoms with E-state index in [4.69, 9.17) is 4.74 Å². The first-order valence-electron chi connectivity index (χ1n) is 7.84. The Morgan fingerprint density at radius 3 is 2.52 bits per heavy atom. The van der Waals surface area contributed by atoms with Gasteiger partial charge in [0.2, 0.25) is 5.95 Å². The first-order chi connectivity index (χ1) is 13.0. The van der Waals surface area contributed by atoms with Gasteiger partial charge >= 0.3 is 0 Å². The Kier molecular flexibility index (Phi) is 5.22. The van der Waals surface area contributed by atoms with Crippen LogP contribution in [0, 0.1) is 10.1 Å². The Morgan fingerprint density at radius 1 is 1.19 bits per heavy atom. The van der Waals surface area contributed by atoms with Crippen molar-refractivity contribution >= 4 is 17.9 Å². The van der Waals surface area contributed by atoms with Gasteiger partial charge in [-0.05, 0) is 42.0 Å². The number of hydrogen-bond donors (Lipinski definition) is 2. The number of anilines is 1. The summed E-state index contributed by atoms with van der Waals surface area (Å²) in [6.07, 6.45) is 1.46. The van der Waals surface area contributed by atoms with Crippen LogP contribution < -0.4 is 15.7 Å². The molecule has 0 bridgehead atoms. The topological polar surface area (TPSA) is 123 Å². The lowest BCUT2D eigenvalue weighted by atomic mass is 10.1. The van der Waals surface area contributed by atoms with E-state index in [1.165, 1.54) is 24.4 Å². The molecule has 136 valence electrons. The molecular formula is C18H15N5O4. The minimum absolute atomic E-state index is 0.00158. The van der Waals surface area contributed by atoms with Gasteiger partial charge in [-0.3, -0.25) is 19.9 Å². The average Bonchev–Trinajstić information content (AvgIpc) is 2.68. The van der Waals surface area contributed by atoms with Gasteiger partial charge < -0.3 is 4.74 Å². The van der Waals surface area contributed by atoms with E-state index in [1.807, 2.05) is 0 Å². The summed E-state index contributed by atoms with van der Waals surface area (Å²) in [6.45, 7) is 0. The van der Waals surface area contributed by atoms with Crippen LogP contribution in [-0.2, 0) is 0 Å². The lowest BCUT2D eigenvalue weighted by Gasteiger charge is -2.05. The molecule has 27 heavy (non-hydrogen) atoms. The molecule has 3 aromatic rings. The number of H-pyrrole nitrogens is 1. The number of nitro benzene ring substituents is 1. The maximum Gasteiger partial charge on any atom is 0.269 e. The standard InChI is InChI=1S/C18H15N5O4/c1-27-15-8-4-13(5-9-15)16-10-17(24)21-18(20-16)22-19-11-12-2-6-14(7-3-12)23(25)26/h2-11H,1H3,(H2,20,21,22,24)/b19-11-. The summed E-state index contributed by atoms with van der Waals surface area (Å²) >= 11 is 0. The summed E-state index contributed by atoms with van der Waals surface area (Å²) in [7, 11) is 1.57. The van der Waals surface area contributed by atoms with Crippen molar-refractivity contribution in [2.24, 2.45) is 5.10 Å². The molecule has 0 aliphatic heterocycles. The highest BCUT2D eigenvalue weighted by molar-refractivity contribution is 5.80. The maximum absolute atomic E-state index is 11.9. The molecule has 0 fully saturated rings. The molecule has 9 heteroatoms. The van der Waals surface area contributed by atoms with Gasteiger partial charge in [0.25, 0.3) is 11.2 Å². The second-order valence-electron chi connectivity index (χ2n) is 5.43.